The highest BCUT2D eigenvalue weighted by Gasteiger charge is 2.26. The van der Waals surface area contributed by atoms with E-state index in [0.717, 1.165) is 26.1 Å². The summed E-state index contributed by atoms with van der Waals surface area (Å²) in [5, 5.41) is 0. The minimum Gasteiger partial charge on any atom is -0.371 e. The molecule has 0 N–H and O–H groups in total. The van der Waals surface area contributed by atoms with Crippen LogP contribution in [0.1, 0.15) is 24.2 Å². The maximum Gasteiger partial charge on any atom is 0.0952 e. The second-order valence-electron chi connectivity index (χ2n) is 5.69. The highest BCUT2D eigenvalue weighted by Crippen LogP contribution is 2.24. The Morgan fingerprint density at radius 2 is 2.05 bits per heavy atom. The number of pyridine rings is 1. The molecule has 0 spiro atoms. The Balaban J connectivity index is 1.61. The number of benzene rings is 1. The summed E-state index contributed by atoms with van der Waals surface area (Å²) in [5.41, 5.74) is 2.57. The number of morpholine rings is 1. The lowest BCUT2D eigenvalue weighted by atomic mass is 10.1. The smallest absolute Gasteiger partial charge is 0.0952 e. The molecule has 0 amide bonds. The second kappa shape index (κ2) is 6.83. The van der Waals surface area contributed by atoms with Gasteiger partial charge in [0.2, 0.25) is 0 Å². The minimum absolute atomic E-state index is 0.191. The minimum atomic E-state index is 0.191. The van der Waals surface area contributed by atoms with Crippen molar-refractivity contribution in [2.75, 3.05) is 19.7 Å². The van der Waals surface area contributed by atoms with E-state index < -0.39 is 0 Å². The first-order chi connectivity index (χ1) is 10.3. The fourth-order valence-corrected chi connectivity index (χ4v) is 2.81. The molecule has 0 saturated carbocycles. The molecule has 21 heavy (non-hydrogen) atoms. The van der Waals surface area contributed by atoms with Crippen LogP contribution >= 0.6 is 0 Å². The molecule has 1 aromatic carbocycles. The van der Waals surface area contributed by atoms with Crippen molar-refractivity contribution in [2.45, 2.75) is 25.5 Å². The molecular formula is C18H22N2O. The van der Waals surface area contributed by atoms with Crippen molar-refractivity contribution < 1.29 is 4.74 Å². The van der Waals surface area contributed by atoms with Gasteiger partial charge in [-0.15, -0.1) is 0 Å². The van der Waals surface area contributed by atoms with E-state index in [9.17, 15) is 0 Å². The van der Waals surface area contributed by atoms with Gasteiger partial charge in [0.1, 0.15) is 0 Å². The first kappa shape index (κ1) is 14.2. The van der Waals surface area contributed by atoms with Gasteiger partial charge in [-0.3, -0.25) is 9.88 Å². The molecule has 3 rings (SSSR count). The van der Waals surface area contributed by atoms with Gasteiger partial charge in [0.15, 0.2) is 0 Å². The van der Waals surface area contributed by atoms with E-state index in [-0.39, 0.29) is 6.10 Å². The second-order valence-corrected chi connectivity index (χ2v) is 5.69. The molecule has 110 valence electrons. The van der Waals surface area contributed by atoms with Gasteiger partial charge in [0.25, 0.3) is 0 Å². The zero-order valence-electron chi connectivity index (χ0n) is 12.5. The molecule has 2 unspecified atom stereocenters. The lowest BCUT2D eigenvalue weighted by Gasteiger charge is -2.38. The van der Waals surface area contributed by atoms with Gasteiger partial charge in [0, 0.05) is 31.5 Å². The molecular weight excluding hydrogens is 260 g/mol. The molecule has 1 aromatic heterocycles. The molecule has 1 aliphatic rings. The van der Waals surface area contributed by atoms with E-state index in [1.807, 2.05) is 18.5 Å². The first-order valence-electron chi connectivity index (χ1n) is 7.62. The quantitative estimate of drug-likeness (QED) is 0.861. The Bertz CT molecular complexity index is 544. The topological polar surface area (TPSA) is 25.4 Å². The van der Waals surface area contributed by atoms with Crippen molar-refractivity contribution in [1.29, 1.82) is 0 Å². The van der Waals surface area contributed by atoms with Crippen molar-refractivity contribution in [3.63, 3.8) is 0 Å². The van der Waals surface area contributed by atoms with Crippen LogP contribution in [-0.4, -0.2) is 35.6 Å². The van der Waals surface area contributed by atoms with Gasteiger partial charge >= 0.3 is 0 Å². The van der Waals surface area contributed by atoms with Crippen LogP contribution in [0, 0.1) is 0 Å². The maximum absolute atomic E-state index is 6.00. The maximum atomic E-state index is 6.00. The van der Waals surface area contributed by atoms with Crippen molar-refractivity contribution in [2.24, 2.45) is 0 Å². The first-order valence-corrected chi connectivity index (χ1v) is 7.62. The summed E-state index contributed by atoms with van der Waals surface area (Å²) in [5.74, 6) is 0. The Labute approximate surface area is 126 Å². The Kier molecular flexibility index (Phi) is 4.63. The van der Waals surface area contributed by atoms with E-state index in [2.05, 4.69) is 53.2 Å². The summed E-state index contributed by atoms with van der Waals surface area (Å²) < 4.78 is 6.00. The predicted molar refractivity (Wildman–Crippen MR) is 84.1 cm³/mol. The van der Waals surface area contributed by atoms with Crippen molar-refractivity contribution in [1.82, 2.24) is 9.88 Å². The van der Waals surface area contributed by atoms with Crippen LogP contribution in [0.5, 0.6) is 0 Å². The van der Waals surface area contributed by atoms with Gasteiger partial charge in [-0.05, 0) is 30.5 Å². The van der Waals surface area contributed by atoms with Gasteiger partial charge in [-0.25, -0.2) is 0 Å². The van der Waals surface area contributed by atoms with Gasteiger partial charge in [0.05, 0.1) is 12.7 Å². The molecule has 2 aromatic rings. The van der Waals surface area contributed by atoms with Crippen LogP contribution in [0.25, 0.3) is 0 Å². The van der Waals surface area contributed by atoms with Gasteiger partial charge in [-0.1, -0.05) is 36.4 Å². The standard InChI is InChI=1S/C18H22N2O/c1-15-14-21-18(17-7-3-2-4-8-17)13-20(15)11-9-16-6-5-10-19-12-16/h2-8,10,12,15,18H,9,11,13-14H2,1H3. The lowest BCUT2D eigenvalue weighted by Crippen LogP contribution is -2.45. The van der Waals surface area contributed by atoms with Crippen LogP contribution in [0.15, 0.2) is 54.9 Å². The molecule has 1 aliphatic heterocycles. The zero-order valence-corrected chi connectivity index (χ0v) is 12.5. The third kappa shape index (κ3) is 3.69. The largest absolute Gasteiger partial charge is 0.371 e. The summed E-state index contributed by atoms with van der Waals surface area (Å²) in [4.78, 5) is 6.71. The average Bonchev–Trinajstić information content (AvgIpc) is 2.56. The van der Waals surface area contributed by atoms with E-state index in [0.29, 0.717) is 6.04 Å². The molecule has 2 atom stereocenters. The number of aromatic nitrogens is 1. The van der Waals surface area contributed by atoms with Crippen molar-refractivity contribution >= 4 is 0 Å². The van der Waals surface area contributed by atoms with Crippen LogP contribution in [0.4, 0.5) is 0 Å². The molecule has 1 saturated heterocycles. The number of hydrogen-bond acceptors (Lipinski definition) is 3. The van der Waals surface area contributed by atoms with Gasteiger partial charge in [-0.2, -0.15) is 0 Å². The summed E-state index contributed by atoms with van der Waals surface area (Å²) >= 11 is 0. The molecule has 3 heteroatoms. The Morgan fingerprint density at radius 1 is 1.19 bits per heavy atom. The number of nitrogens with zero attached hydrogens (tertiary/aromatic N) is 2. The molecule has 2 heterocycles. The van der Waals surface area contributed by atoms with Crippen LogP contribution in [-0.2, 0) is 11.2 Å². The monoisotopic (exact) mass is 282 g/mol. The van der Waals surface area contributed by atoms with Crippen molar-refractivity contribution in [3.8, 4) is 0 Å². The zero-order chi connectivity index (χ0) is 14.5. The summed E-state index contributed by atoms with van der Waals surface area (Å²) in [7, 11) is 0. The molecule has 0 aliphatic carbocycles. The number of ether oxygens (including phenoxy) is 1. The Morgan fingerprint density at radius 3 is 2.81 bits per heavy atom. The number of rotatable bonds is 4. The van der Waals surface area contributed by atoms with Crippen LogP contribution < -0.4 is 0 Å². The third-order valence-electron chi connectivity index (χ3n) is 4.14. The summed E-state index contributed by atoms with van der Waals surface area (Å²) in [6, 6.07) is 15.1. The van der Waals surface area contributed by atoms with Crippen molar-refractivity contribution in [3.05, 3.63) is 66.0 Å². The van der Waals surface area contributed by atoms with Crippen LogP contribution in [0.2, 0.25) is 0 Å². The molecule has 1 fully saturated rings. The lowest BCUT2D eigenvalue weighted by molar-refractivity contribution is -0.0595. The normalized spacial score (nSPS) is 23.1. The SMILES string of the molecule is CC1COC(c2ccccc2)CN1CCc1cccnc1. The highest BCUT2D eigenvalue weighted by molar-refractivity contribution is 5.18. The van der Waals surface area contributed by atoms with E-state index in [1.165, 1.54) is 11.1 Å². The molecule has 0 bridgehead atoms. The highest BCUT2D eigenvalue weighted by atomic mass is 16.5. The van der Waals surface area contributed by atoms with E-state index >= 15 is 0 Å². The summed E-state index contributed by atoms with van der Waals surface area (Å²) in [6.45, 7) is 5.06. The van der Waals surface area contributed by atoms with Crippen LogP contribution in [0.3, 0.4) is 0 Å². The molecule has 3 nitrogen and oxygen atoms in total. The number of hydrogen-bond donors (Lipinski definition) is 0. The predicted octanol–water partition coefficient (Wildman–Crippen LogP) is 3.09. The Hall–Kier alpha value is -1.71. The third-order valence-corrected chi connectivity index (χ3v) is 4.14. The molecule has 0 radical (unpaired) electrons. The average molecular weight is 282 g/mol. The summed E-state index contributed by atoms with van der Waals surface area (Å²) in [6.07, 6.45) is 5.02. The van der Waals surface area contributed by atoms with E-state index in [4.69, 9.17) is 4.74 Å². The fourth-order valence-electron chi connectivity index (χ4n) is 2.81. The van der Waals surface area contributed by atoms with Gasteiger partial charge < -0.3 is 4.74 Å². The fraction of sp³-hybridized carbons (Fsp3) is 0.389. The van der Waals surface area contributed by atoms with E-state index in [1.54, 1.807) is 0 Å².